The van der Waals surface area contributed by atoms with Gasteiger partial charge in [-0.1, -0.05) is 39.0 Å². The molecule has 1 atom stereocenters. The van der Waals surface area contributed by atoms with E-state index in [1.54, 1.807) is 0 Å². The lowest BCUT2D eigenvalue weighted by molar-refractivity contribution is -0.139. The third-order valence-corrected chi connectivity index (χ3v) is 3.03. The predicted molar refractivity (Wildman–Crippen MR) is 91.2 cm³/mol. The Hall–Kier alpha value is -1.83. The number of carbonyl (C=O) groups is 2. The molecule has 8 N–H and O–H groups in total. The predicted octanol–water partition coefficient (Wildman–Crippen LogP) is 1.27. The van der Waals surface area contributed by atoms with E-state index in [2.05, 4.69) is 11.9 Å². The molecule has 0 aliphatic carbocycles. The Morgan fingerprint density at radius 3 is 2.04 bits per heavy atom. The largest absolute Gasteiger partial charge is 0.481 e. The zero-order valence-corrected chi connectivity index (χ0v) is 14.0. The zero-order chi connectivity index (χ0) is 18.1. The van der Waals surface area contributed by atoms with Crippen LogP contribution in [0, 0.1) is 0 Å². The summed E-state index contributed by atoms with van der Waals surface area (Å²) in [5.74, 6) is -1.65. The highest BCUT2D eigenvalue weighted by atomic mass is 16.4. The Bertz CT molecular complexity index is 344. The Balaban J connectivity index is 0. The topological polar surface area (TPSA) is 165 Å². The van der Waals surface area contributed by atoms with Gasteiger partial charge in [0.05, 0.1) is 0 Å². The van der Waals surface area contributed by atoms with Crippen molar-refractivity contribution >= 4 is 17.9 Å². The average molecular weight is 332 g/mol. The minimum atomic E-state index is -1.00. The number of unbranched alkanes of at least 4 members (excludes halogenated alkanes) is 5. The maximum atomic E-state index is 10.2. The van der Waals surface area contributed by atoms with Crippen LogP contribution >= 0.6 is 0 Å². The molecule has 0 heterocycles. The summed E-state index contributed by atoms with van der Waals surface area (Å²) in [6, 6.07) is -0.820. The van der Waals surface area contributed by atoms with Crippen molar-refractivity contribution < 1.29 is 19.8 Å². The Labute approximate surface area is 138 Å². The van der Waals surface area contributed by atoms with E-state index in [9.17, 15) is 9.59 Å². The molecule has 0 radical (unpaired) electrons. The molecule has 0 aromatic heterocycles. The van der Waals surface area contributed by atoms with Crippen LogP contribution in [0.2, 0.25) is 0 Å². The molecule has 0 bridgehead atoms. The number of carboxylic acid groups (broad SMARTS) is 2. The maximum Gasteiger partial charge on any atom is 0.320 e. The lowest BCUT2D eigenvalue weighted by Gasteiger charge is -2.03. The first-order valence-electron chi connectivity index (χ1n) is 8.06. The normalized spacial score (nSPS) is 11.0. The Morgan fingerprint density at radius 1 is 1.00 bits per heavy atom. The number of hydrogen-bond acceptors (Lipinski definition) is 4. The maximum absolute atomic E-state index is 10.2. The first kappa shape index (κ1) is 23.4. The first-order valence-corrected chi connectivity index (χ1v) is 8.06. The number of nitrogens with zero attached hydrogens (tertiary/aromatic N) is 1. The van der Waals surface area contributed by atoms with Crippen molar-refractivity contribution in [2.45, 2.75) is 70.8 Å². The third-order valence-electron chi connectivity index (χ3n) is 3.03. The standard InChI is InChI=1S/C9H18O2.C6H14N4O2/c1-2-3-4-5-6-7-8-9(10)11;7-4(5(11)12)2-1-3-10-6(8)9/h2-8H2,1H3,(H,10,11);4H,1-3,7H2,(H,11,12)(H4,8,9,10). The first-order chi connectivity index (χ1) is 10.8. The second-order valence-corrected chi connectivity index (χ2v) is 5.31. The summed E-state index contributed by atoms with van der Waals surface area (Å²) in [5.41, 5.74) is 15.3. The van der Waals surface area contributed by atoms with Crippen LogP contribution in [0.3, 0.4) is 0 Å². The minimum absolute atomic E-state index is 0.0129. The number of nitrogens with two attached hydrogens (primary N) is 3. The van der Waals surface area contributed by atoms with E-state index in [4.69, 9.17) is 27.4 Å². The summed E-state index contributed by atoms with van der Waals surface area (Å²) in [5, 5.41) is 16.7. The summed E-state index contributed by atoms with van der Waals surface area (Å²) in [4.78, 5) is 24.0. The monoisotopic (exact) mass is 332 g/mol. The molecule has 0 fully saturated rings. The second kappa shape index (κ2) is 16.5. The second-order valence-electron chi connectivity index (χ2n) is 5.31. The molecule has 0 aromatic carbocycles. The van der Waals surface area contributed by atoms with Crippen molar-refractivity contribution in [3.05, 3.63) is 0 Å². The SMILES string of the molecule is CCCCCCCCC(=O)O.NC(N)=NCCCC(N)C(=O)O. The van der Waals surface area contributed by atoms with Crippen molar-refractivity contribution in [2.24, 2.45) is 22.2 Å². The number of rotatable bonds is 12. The van der Waals surface area contributed by atoms with Crippen LogP contribution in [0.5, 0.6) is 0 Å². The summed E-state index contributed by atoms with van der Waals surface area (Å²) in [6.45, 7) is 2.60. The fourth-order valence-electron chi connectivity index (χ4n) is 1.70. The number of guanidine groups is 1. The molecule has 23 heavy (non-hydrogen) atoms. The molecule has 0 aliphatic heterocycles. The number of aliphatic imine (C=N–C) groups is 1. The quantitative estimate of drug-likeness (QED) is 0.204. The Morgan fingerprint density at radius 2 is 1.57 bits per heavy atom. The van der Waals surface area contributed by atoms with Gasteiger partial charge in [-0.05, 0) is 19.3 Å². The van der Waals surface area contributed by atoms with Gasteiger partial charge in [-0.3, -0.25) is 14.6 Å². The minimum Gasteiger partial charge on any atom is -0.481 e. The van der Waals surface area contributed by atoms with E-state index in [0.29, 0.717) is 25.8 Å². The highest BCUT2D eigenvalue weighted by molar-refractivity contribution is 5.75. The van der Waals surface area contributed by atoms with E-state index < -0.39 is 18.0 Å². The van der Waals surface area contributed by atoms with Crippen molar-refractivity contribution in [3.63, 3.8) is 0 Å². The van der Waals surface area contributed by atoms with E-state index in [-0.39, 0.29) is 5.96 Å². The zero-order valence-electron chi connectivity index (χ0n) is 14.0. The van der Waals surface area contributed by atoms with Crippen LogP contribution in [0.1, 0.15) is 64.7 Å². The lowest BCUT2D eigenvalue weighted by atomic mass is 10.1. The van der Waals surface area contributed by atoms with Gasteiger partial charge in [0.2, 0.25) is 0 Å². The van der Waals surface area contributed by atoms with Crippen molar-refractivity contribution in [3.8, 4) is 0 Å². The van der Waals surface area contributed by atoms with Gasteiger partial charge in [-0.15, -0.1) is 0 Å². The van der Waals surface area contributed by atoms with E-state index >= 15 is 0 Å². The number of carboxylic acids is 2. The molecule has 0 amide bonds. The third kappa shape index (κ3) is 22.6. The van der Waals surface area contributed by atoms with E-state index in [1.165, 1.54) is 25.7 Å². The Kier molecular flexibility index (Phi) is 16.9. The van der Waals surface area contributed by atoms with Gasteiger partial charge >= 0.3 is 11.9 Å². The fraction of sp³-hybridized carbons (Fsp3) is 0.800. The molecule has 0 spiro atoms. The molecule has 0 aliphatic rings. The number of hydrogen-bond donors (Lipinski definition) is 5. The molecule has 0 aromatic rings. The van der Waals surface area contributed by atoms with Crippen molar-refractivity contribution in [1.82, 2.24) is 0 Å². The average Bonchev–Trinajstić information content (AvgIpc) is 2.47. The molecule has 0 rings (SSSR count). The van der Waals surface area contributed by atoms with Gasteiger partial charge in [0, 0.05) is 13.0 Å². The van der Waals surface area contributed by atoms with Gasteiger partial charge in [0.1, 0.15) is 6.04 Å². The highest BCUT2D eigenvalue weighted by Crippen LogP contribution is 2.06. The van der Waals surface area contributed by atoms with E-state index in [1.807, 2.05) is 0 Å². The molecule has 136 valence electrons. The molecule has 0 saturated heterocycles. The molecule has 1 unspecified atom stereocenters. The van der Waals surface area contributed by atoms with E-state index in [0.717, 1.165) is 12.8 Å². The summed E-state index contributed by atoms with van der Waals surface area (Å²) in [7, 11) is 0. The molecular formula is C15H32N4O4. The highest BCUT2D eigenvalue weighted by Gasteiger charge is 2.09. The summed E-state index contributed by atoms with van der Waals surface area (Å²) in [6.07, 6.45) is 8.21. The summed E-state index contributed by atoms with van der Waals surface area (Å²) < 4.78 is 0. The smallest absolute Gasteiger partial charge is 0.320 e. The summed E-state index contributed by atoms with van der Waals surface area (Å²) >= 11 is 0. The fourth-order valence-corrected chi connectivity index (χ4v) is 1.70. The molecular weight excluding hydrogens is 300 g/mol. The van der Waals surface area contributed by atoms with Crippen molar-refractivity contribution in [1.29, 1.82) is 0 Å². The van der Waals surface area contributed by atoms with Crippen LogP contribution in [-0.4, -0.2) is 40.7 Å². The van der Waals surface area contributed by atoms with Gasteiger partial charge in [0.15, 0.2) is 5.96 Å². The van der Waals surface area contributed by atoms with Gasteiger partial charge in [0.25, 0.3) is 0 Å². The van der Waals surface area contributed by atoms with Crippen LogP contribution in [-0.2, 0) is 9.59 Å². The van der Waals surface area contributed by atoms with Crippen LogP contribution in [0.4, 0.5) is 0 Å². The van der Waals surface area contributed by atoms with Crippen LogP contribution in [0.25, 0.3) is 0 Å². The number of aliphatic carboxylic acids is 2. The molecule has 0 saturated carbocycles. The van der Waals surface area contributed by atoms with Crippen molar-refractivity contribution in [2.75, 3.05) is 6.54 Å². The van der Waals surface area contributed by atoms with Gasteiger partial charge in [-0.25, -0.2) is 0 Å². The molecule has 8 nitrogen and oxygen atoms in total. The molecule has 8 heteroatoms. The van der Waals surface area contributed by atoms with Crippen LogP contribution in [0.15, 0.2) is 4.99 Å². The van der Waals surface area contributed by atoms with Crippen LogP contribution < -0.4 is 17.2 Å². The van der Waals surface area contributed by atoms with Gasteiger partial charge in [-0.2, -0.15) is 0 Å². The lowest BCUT2D eigenvalue weighted by Crippen LogP contribution is -2.30. The van der Waals surface area contributed by atoms with Gasteiger partial charge < -0.3 is 27.4 Å².